The van der Waals surface area contributed by atoms with Crippen LogP contribution in [0.2, 0.25) is 5.02 Å². The number of hydrogen-bond acceptors (Lipinski definition) is 4. The van der Waals surface area contributed by atoms with Gasteiger partial charge in [0, 0.05) is 5.56 Å². The number of carbonyl (C=O) groups excluding carboxylic acids is 1. The lowest BCUT2D eigenvalue weighted by Crippen LogP contribution is -2.20. The molecule has 0 atom stereocenters. The van der Waals surface area contributed by atoms with Crippen LogP contribution in [0.3, 0.4) is 0 Å². The number of nitrogens with zero attached hydrogens (tertiary/aromatic N) is 1. The van der Waals surface area contributed by atoms with Crippen molar-refractivity contribution in [2.45, 2.75) is 12.6 Å². The molecule has 0 radical (unpaired) electrons. The summed E-state index contributed by atoms with van der Waals surface area (Å²) in [5.74, 6) is -1.19. The van der Waals surface area contributed by atoms with Crippen molar-refractivity contribution < 1.29 is 32.3 Å². The number of hydrogen-bond donors (Lipinski definition) is 2. The normalized spacial score (nSPS) is 11.6. The van der Waals surface area contributed by atoms with Gasteiger partial charge in [0.25, 0.3) is 0 Å². The molecule has 0 aliphatic carbocycles. The highest BCUT2D eigenvalue weighted by molar-refractivity contribution is 6.33. The Morgan fingerprint density at radius 2 is 1.90 bits per heavy atom. The van der Waals surface area contributed by atoms with Crippen LogP contribution in [0.4, 0.5) is 13.2 Å². The lowest BCUT2D eigenvalue weighted by Gasteiger charge is -2.08. The first kappa shape index (κ1) is 22.1. The van der Waals surface area contributed by atoms with Gasteiger partial charge in [-0.3, -0.25) is 4.79 Å². The summed E-state index contributed by atoms with van der Waals surface area (Å²) in [7, 11) is 0. The molecule has 31 heavy (non-hydrogen) atoms. The third-order valence-corrected chi connectivity index (χ3v) is 4.44. The Morgan fingerprint density at radius 3 is 2.61 bits per heavy atom. The van der Waals surface area contributed by atoms with Crippen LogP contribution in [0.25, 0.3) is 11.3 Å². The topological polar surface area (TPSA) is 91.9 Å². The highest BCUT2D eigenvalue weighted by atomic mass is 35.5. The van der Waals surface area contributed by atoms with E-state index in [1.54, 1.807) is 6.07 Å². The lowest BCUT2D eigenvalue weighted by molar-refractivity contribution is -0.137. The quantitative estimate of drug-likeness (QED) is 0.408. The van der Waals surface area contributed by atoms with Crippen LogP contribution in [0, 0.1) is 0 Å². The van der Waals surface area contributed by atoms with E-state index in [0.717, 1.165) is 12.1 Å². The minimum atomic E-state index is -4.49. The van der Waals surface area contributed by atoms with Crippen LogP contribution >= 0.6 is 11.6 Å². The van der Waals surface area contributed by atoms with Crippen molar-refractivity contribution in [3.8, 4) is 11.3 Å². The second-order valence-electron chi connectivity index (χ2n) is 6.37. The van der Waals surface area contributed by atoms with Crippen LogP contribution in [0.5, 0.6) is 0 Å². The number of rotatable bonds is 6. The molecule has 0 spiro atoms. The van der Waals surface area contributed by atoms with Crippen molar-refractivity contribution in [3.63, 3.8) is 0 Å². The van der Waals surface area contributed by atoms with Crippen molar-refractivity contribution in [1.82, 2.24) is 5.43 Å². The number of alkyl halides is 3. The van der Waals surface area contributed by atoms with Gasteiger partial charge < -0.3 is 9.52 Å². The fraction of sp³-hybridized carbons (Fsp3) is 0.0952. The van der Waals surface area contributed by atoms with Gasteiger partial charge in [0.15, 0.2) is 0 Å². The molecule has 1 heterocycles. The van der Waals surface area contributed by atoms with Gasteiger partial charge in [-0.1, -0.05) is 29.8 Å². The zero-order valence-corrected chi connectivity index (χ0v) is 16.4. The fourth-order valence-corrected chi connectivity index (χ4v) is 2.88. The second-order valence-corrected chi connectivity index (χ2v) is 6.78. The summed E-state index contributed by atoms with van der Waals surface area (Å²) in [5, 5.41) is 13.1. The molecule has 0 aliphatic heterocycles. The molecule has 6 nitrogen and oxygen atoms in total. The zero-order chi connectivity index (χ0) is 22.6. The number of carbonyl (C=O) groups is 2. The molecule has 3 rings (SSSR count). The van der Waals surface area contributed by atoms with Crippen molar-refractivity contribution in [2.24, 2.45) is 5.10 Å². The van der Waals surface area contributed by atoms with Crippen LogP contribution in [0.1, 0.15) is 27.2 Å². The minimum absolute atomic E-state index is 0.0351. The summed E-state index contributed by atoms with van der Waals surface area (Å²) in [6.45, 7) is 0. The predicted octanol–water partition coefficient (Wildman–Crippen LogP) is 5.01. The Balaban J connectivity index is 1.64. The summed E-state index contributed by atoms with van der Waals surface area (Å²) in [6.07, 6.45) is -3.58. The molecule has 3 aromatic rings. The van der Waals surface area contributed by atoms with Gasteiger partial charge >= 0.3 is 12.1 Å². The summed E-state index contributed by atoms with van der Waals surface area (Å²) >= 11 is 6.09. The number of furan rings is 1. The Bertz CT molecular complexity index is 1160. The summed E-state index contributed by atoms with van der Waals surface area (Å²) < 4.78 is 43.7. The Morgan fingerprint density at radius 1 is 1.13 bits per heavy atom. The summed E-state index contributed by atoms with van der Waals surface area (Å²) in [6, 6.07) is 11.7. The predicted molar refractivity (Wildman–Crippen MR) is 107 cm³/mol. The van der Waals surface area contributed by atoms with E-state index in [2.05, 4.69) is 10.5 Å². The van der Waals surface area contributed by atoms with E-state index in [9.17, 15) is 22.8 Å². The maximum atomic E-state index is 12.7. The smallest absolute Gasteiger partial charge is 0.416 e. The van der Waals surface area contributed by atoms with E-state index < -0.39 is 23.6 Å². The molecule has 0 saturated carbocycles. The van der Waals surface area contributed by atoms with E-state index in [0.29, 0.717) is 11.3 Å². The van der Waals surface area contributed by atoms with Crippen LogP contribution < -0.4 is 5.43 Å². The number of amides is 1. The molecule has 2 N–H and O–H groups in total. The molecule has 0 fully saturated rings. The van der Waals surface area contributed by atoms with Gasteiger partial charge in [-0.05, 0) is 42.0 Å². The number of hydrazone groups is 1. The summed E-state index contributed by atoms with van der Waals surface area (Å²) in [4.78, 5) is 23.0. The van der Waals surface area contributed by atoms with E-state index in [1.807, 2.05) is 0 Å². The molecule has 2 aromatic carbocycles. The van der Waals surface area contributed by atoms with Gasteiger partial charge in [-0.25, -0.2) is 10.2 Å². The van der Waals surface area contributed by atoms with E-state index in [4.69, 9.17) is 21.1 Å². The molecule has 1 amide bonds. The van der Waals surface area contributed by atoms with Crippen molar-refractivity contribution in [1.29, 1.82) is 0 Å². The minimum Gasteiger partial charge on any atom is -0.478 e. The zero-order valence-electron chi connectivity index (χ0n) is 15.6. The number of carboxylic acid groups (broad SMARTS) is 1. The fourth-order valence-electron chi connectivity index (χ4n) is 2.66. The largest absolute Gasteiger partial charge is 0.478 e. The number of carboxylic acids is 1. The molecule has 10 heteroatoms. The van der Waals surface area contributed by atoms with E-state index in [-0.39, 0.29) is 28.3 Å². The van der Waals surface area contributed by atoms with Gasteiger partial charge in [0.1, 0.15) is 11.5 Å². The first-order chi connectivity index (χ1) is 14.6. The molecule has 160 valence electrons. The van der Waals surface area contributed by atoms with Gasteiger partial charge in [0.2, 0.25) is 5.91 Å². The van der Waals surface area contributed by atoms with Crippen LogP contribution in [-0.4, -0.2) is 23.2 Å². The first-order valence-electron chi connectivity index (χ1n) is 8.74. The van der Waals surface area contributed by atoms with E-state index in [1.165, 1.54) is 42.6 Å². The number of nitrogens with one attached hydrogen (secondary N) is 1. The molecule has 0 unspecified atom stereocenters. The molecular formula is C21H14ClF3N2O4. The van der Waals surface area contributed by atoms with Gasteiger partial charge in [0.05, 0.1) is 28.8 Å². The van der Waals surface area contributed by atoms with E-state index >= 15 is 0 Å². The SMILES string of the molecule is O=C(Cc1cccc(C(F)(F)F)c1)N/N=C\c1ccc(-c2cc(C(=O)O)ccc2Cl)o1. The number of benzene rings is 2. The highest BCUT2D eigenvalue weighted by Crippen LogP contribution is 2.31. The molecule has 0 saturated heterocycles. The van der Waals surface area contributed by atoms with Crippen molar-refractivity contribution in [2.75, 3.05) is 0 Å². The first-order valence-corrected chi connectivity index (χ1v) is 9.12. The highest BCUT2D eigenvalue weighted by Gasteiger charge is 2.30. The molecule has 1 aromatic heterocycles. The maximum absolute atomic E-state index is 12.7. The number of aromatic carboxylic acids is 1. The third kappa shape index (κ3) is 5.73. The Kier molecular flexibility index (Phi) is 6.45. The average Bonchev–Trinajstić information content (AvgIpc) is 3.16. The number of halogens is 4. The monoisotopic (exact) mass is 450 g/mol. The standard InChI is InChI=1S/C21H14ClF3N2O4/c22-17-6-4-13(20(29)30)10-16(17)18-7-5-15(31-18)11-26-27-19(28)9-12-2-1-3-14(8-12)21(23,24)25/h1-8,10-11H,9H2,(H,27,28)(H,29,30)/b26-11-. The Hall–Kier alpha value is -3.59. The third-order valence-electron chi connectivity index (χ3n) is 4.11. The van der Waals surface area contributed by atoms with Crippen molar-refractivity contribution in [3.05, 3.63) is 82.1 Å². The maximum Gasteiger partial charge on any atom is 0.416 e. The van der Waals surface area contributed by atoms with Gasteiger partial charge in [-0.15, -0.1) is 0 Å². The second kappa shape index (κ2) is 9.05. The molecular weight excluding hydrogens is 437 g/mol. The van der Waals surface area contributed by atoms with Gasteiger partial charge in [-0.2, -0.15) is 18.3 Å². The Labute approximate surface area is 178 Å². The lowest BCUT2D eigenvalue weighted by atomic mass is 10.1. The van der Waals surface area contributed by atoms with Crippen LogP contribution in [-0.2, 0) is 17.4 Å². The molecule has 0 bridgehead atoms. The average molecular weight is 451 g/mol. The van der Waals surface area contributed by atoms with Crippen LogP contribution in [0.15, 0.2) is 64.1 Å². The van der Waals surface area contributed by atoms with Crippen molar-refractivity contribution >= 4 is 29.7 Å². The summed E-state index contributed by atoms with van der Waals surface area (Å²) in [5.41, 5.74) is 1.97. The molecule has 0 aliphatic rings.